The third-order valence-corrected chi connectivity index (χ3v) is 6.70. The SMILES string of the molecule is C=CCn1c(CNC(=O)c2ccc(Cl)c(Cl)c2)nnc1SCC(=O)NC1CCCCC1. The number of aromatic nitrogens is 3. The maximum Gasteiger partial charge on any atom is 0.251 e. The quantitative estimate of drug-likeness (QED) is 0.412. The molecule has 1 fully saturated rings. The van der Waals surface area contributed by atoms with Crippen LogP contribution in [0.15, 0.2) is 36.0 Å². The molecule has 2 N–H and O–H groups in total. The predicted octanol–water partition coefficient (Wildman–Crippen LogP) is 4.24. The molecule has 166 valence electrons. The second kappa shape index (κ2) is 11.5. The minimum absolute atomic E-state index is 0.000442. The van der Waals surface area contributed by atoms with Gasteiger partial charge < -0.3 is 15.2 Å². The molecule has 0 radical (unpaired) electrons. The molecule has 0 atom stereocenters. The first-order valence-corrected chi connectivity index (χ1v) is 11.9. The maximum absolute atomic E-state index is 12.4. The Morgan fingerprint density at radius 1 is 1.19 bits per heavy atom. The van der Waals surface area contributed by atoms with Crippen molar-refractivity contribution < 1.29 is 9.59 Å². The number of thioether (sulfide) groups is 1. The highest BCUT2D eigenvalue weighted by Crippen LogP contribution is 2.23. The molecule has 3 rings (SSSR count). The summed E-state index contributed by atoms with van der Waals surface area (Å²) in [5, 5.41) is 15.6. The molecule has 2 amide bonds. The van der Waals surface area contributed by atoms with E-state index in [1.165, 1.54) is 37.1 Å². The van der Waals surface area contributed by atoms with Gasteiger partial charge in [-0.2, -0.15) is 0 Å². The van der Waals surface area contributed by atoms with E-state index in [0.29, 0.717) is 33.1 Å². The summed E-state index contributed by atoms with van der Waals surface area (Å²) in [5.41, 5.74) is 0.401. The molecule has 1 aliphatic carbocycles. The lowest BCUT2D eigenvalue weighted by atomic mass is 9.95. The summed E-state index contributed by atoms with van der Waals surface area (Å²) in [6.45, 7) is 4.42. The van der Waals surface area contributed by atoms with E-state index >= 15 is 0 Å². The number of carbonyl (C=O) groups is 2. The monoisotopic (exact) mass is 481 g/mol. The zero-order valence-corrected chi connectivity index (χ0v) is 19.4. The summed E-state index contributed by atoms with van der Waals surface area (Å²) in [5.74, 6) is 0.539. The van der Waals surface area contributed by atoms with Gasteiger partial charge in [-0.05, 0) is 31.0 Å². The average Bonchev–Trinajstić information content (AvgIpc) is 3.15. The fourth-order valence-corrected chi connectivity index (χ4v) is 4.49. The van der Waals surface area contributed by atoms with Crippen molar-refractivity contribution in [3.8, 4) is 0 Å². The summed E-state index contributed by atoms with van der Waals surface area (Å²) in [6.07, 6.45) is 7.40. The molecule has 1 aromatic heterocycles. The van der Waals surface area contributed by atoms with Gasteiger partial charge in [-0.15, -0.1) is 16.8 Å². The highest BCUT2D eigenvalue weighted by molar-refractivity contribution is 7.99. The normalized spacial score (nSPS) is 14.3. The van der Waals surface area contributed by atoms with Crippen LogP contribution in [-0.2, 0) is 17.9 Å². The first kappa shape index (κ1) is 23.6. The largest absolute Gasteiger partial charge is 0.353 e. The van der Waals surface area contributed by atoms with Gasteiger partial charge in [0.25, 0.3) is 5.91 Å². The van der Waals surface area contributed by atoms with Crippen molar-refractivity contribution in [1.82, 2.24) is 25.4 Å². The van der Waals surface area contributed by atoms with Crippen LogP contribution in [0.25, 0.3) is 0 Å². The molecule has 7 nitrogen and oxygen atoms in total. The number of amides is 2. The van der Waals surface area contributed by atoms with Crippen molar-refractivity contribution in [2.45, 2.75) is 56.4 Å². The molecule has 1 aliphatic rings. The summed E-state index contributed by atoms with van der Waals surface area (Å²) >= 11 is 13.2. The molecule has 0 unspecified atom stereocenters. The number of hydrogen-bond acceptors (Lipinski definition) is 5. The molecular formula is C21H25Cl2N5O2S. The van der Waals surface area contributed by atoms with E-state index in [2.05, 4.69) is 27.4 Å². The summed E-state index contributed by atoms with van der Waals surface area (Å²) < 4.78 is 1.83. The fourth-order valence-electron chi connectivity index (χ4n) is 3.41. The fraction of sp³-hybridized carbons (Fsp3) is 0.429. The Kier molecular flexibility index (Phi) is 8.80. The van der Waals surface area contributed by atoms with Crippen LogP contribution < -0.4 is 10.6 Å². The second-order valence-electron chi connectivity index (χ2n) is 7.30. The van der Waals surface area contributed by atoms with Crippen molar-refractivity contribution in [2.24, 2.45) is 0 Å². The topological polar surface area (TPSA) is 88.9 Å². The van der Waals surface area contributed by atoms with Crippen LogP contribution in [-0.4, -0.2) is 38.4 Å². The Hall–Kier alpha value is -2.03. The minimum atomic E-state index is -0.298. The van der Waals surface area contributed by atoms with Crippen LogP contribution in [0.2, 0.25) is 10.0 Å². The van der Waals surface area contributed by atoms with Crippen molar-refractivity contribution in [3.05, 3.63) is 52.3 Å². The third kappa shape index (κ3) is 6.72. The van der Waals surface area contributed by atoms with Crippen LogP contribution in [0, 0.1) is 0 Å². The lowest BCUT2D eigenvalue weighted by Crippen LogP contribution is -2.37. The number of halogens is 2. The second-order valence-corrected chi connectivity index (χ2v) is 9.06. The molecule has 0 aliphatic heterocycles. The van der Waals surface area contributed by atoms with Crippen molar-refractivity contribution >= 4 is 46.8 Å². The third-order valence-electron chi connectivity index (χ3n) is 5.00. The van der Waals surface area contributed by atoms with Crippen molar-refractivity contribution in [2.75, 3.05) is 5.75 Å². The van der Waals surface area contributed by atoms with E-state index in [1.807, 2.05) is 4.57 Å². The van der Waals surface area contributed by atoms with Crippen molar-refractivity contribution in [3.63, 3.8) is 0 Å². The molecule has 31 heavy (non-hydrogen) atoms. The molecule has 0 saturated heterocycles. The molecule has 1 saturated carbocycles. The minimum Gasteiger partial charge on any atom is -0.353 e. The van der Waals surface area contributed by atoms with Crippen LogP contribution in [0.4, 0.5) is 0 Å². The molecule has 0 spiro atoms. The van der Waals surface area contributed by atoms with E-state index in [9.17, 15) is 9.59 Å². The van der Waals surface area contributed by atoms with Gasteiger partial charge in [0.2, 0.25) is 5.91 Å². The van der Waals surface area contributed by atoms with Gasteiger partial charge in [-0.25, -0.2) is 0 Å². The molecule has 10 heteroatoms. The Morgan fingerprint density at radius 3 is 2.68 bits per heavy atom. The van der Waals surface area contributed by atoms with Gasteiger partial charge in [0.15, 0.2) is 11.0 Å². The lowest BCUT2D eigenvalue weighted by molar-refractivity contribution is -0.119. The van der Waals surface area contributed by atoms with E-state index in [0.717, 1.165) is 12.8 Å². The Labute approximate surface area is 196 Å². The van der Waals surface area contributed by atoms with Gasteiger partial charge in [-0.1, -0.05) is 60.3 Å². The molecule has 2 aromatic rings. The standard InChI is InChI=1S/C21H25Cl2N5O2S/c1-2-10-28-18(12-24-20(30)14-8-9-16(22)17(23)11-14)26-27-21(28)31-13-19(29)25-15-6-4-3-5-7-15/h2,8-9,11,15H,1,3-7,10,12-13H2,(H,24,30)(H,25,29). The van der Waals surface area contributed by atoms with Crippen LogP contribution >= 0.6 is 35.0 Å². The molecule has 1 heterocycles. The Bertz CT molecular complexity index is 944. The van der Waals surface area contributed by atoms with Gasteiger partial charge in [0.05, 0.1) is 22.3 Å². The Balaban J connectivity index is 1.57. The number of nitrogens with one attached hydrogen (secondary N) is 2. The number of hydrogen-bond donors (Lipinski definition) is 2. The zero-order chi connectivity index (χ0) is 22.2. The number of nitrogens with zero attached hydrogens (tertiary/aromatic N) is 3. The number of rotatable bonds is 9. The first-order valence-electron chi connectivity index (χ1n) is 10.2. The van der Waals surface area contributed by atoms with E-state index < -0.39 is 0 Å². The molecule has 1 aromatic carbocycles. The highest BCUT2D eigenvalue weighted by atomic mass is 35.5. The van der Waals surface area contributed by atoms with Gasteiger partial charge in [0.1, 0.15) is 0 Å². The number of benzene rings is 1. The summed E-state index contributed by atoms with van der Waals surface area (Å²) in [4.78, 5) is 24.7. The van der Waals surface area contributed by atoms with Gasteiger partial charge >= 0.3 is 0 Å². The Morgan fingerprint density at radius 2 is 1.97 bits per heavy atom. The number of carbonyl (C=O) groups excluding carboxylic acids is 2. The van der Waals surface area contributed by atoms with Gasteiger partial charge in [-0.3, -0.25) is 9.59 Å². The first-order chi connectivity index (χ1) is 15.0. The predicted molar refractivity (Wildman–Crippen MR) is 124 cm³/mol. The number of allylic oxidation sites excluding steroid dienone is 1. The highest BCUT2D eigenvalue weighted by Gasteiger charge is 2.18. The van der Waals surface area contributed by atoms with Crippen LogP contribution in [0.1, 0.15) is 48.3 Å². The maximum atomic E-state index is 12.4. The lowest BCUT2D eigenvalue weighted by Gasteiger charge is -2.22. The van der Waals surface area contributed by atoms with Crippen LogP contribution in [0.3, 0.4) is 0 Å². The smallest absolute Gasteiger partial charge is 0.251 e. The van der Waals surface area contributed by atoms with E-state index in [4.69, 9.17) is 23.2 Å². The van der Waals surface area contributed by atoms with E-state index in [-0.39, 0.29) is 30.2 Å². The van der Waals surface area contributed by atoms with Gasteiger partial charge in [0, 0.05) is 18.2 Å². The summed E-state index contributed by atoms with van der Waals surface area (Å²) in [7, 11) is 0. The molecule has 0 bridgehead atoms. The summed E-state index contributed by atoms with van der Waals surface area (Å²) in [6, 6.07) is 4.97. The van der Waals surface area contributed by atoms with Crippen molar-refractivity contribution in [1.29, 1.82) is 0 Å². The average molecular weight is 482 g/mol. The zero-order valence-electron chi connectivity index (χ0n) is 17.1. The van der Waals surface area contributed by atoms with E-state index in [1.54, 1.807) is 18.2 Å². The van der Waals surface area contributed by atoms with Crippen LogP contribution in [0.5, 0.6) is 0 Å². The molecular weight excluding hydrogens is 457 g/mol.